The zero-order valence-corrected chi connectivity index (χ0v) is 12.0. The number of carboxylic acids is 1. The van der Waals surface area contributed by atoms with E-state index in [-0.39, 0.29) is 0 Å². The van der Waals surface area contributed by atoms with Crippen LogP contribution in [0, 0.1) is 0 Å². The minimum absolute atomic E-state index is 0.466. The molecule has 0 saturated carbocycles. The first kappa shape index (κ1) is 12.8. The molecule has 1 aliphatic rings. The van der Waals surface area contributed by atoms with E-state index in [2.05, 4.69) is 18.2 Å². The zero-order chi connectivity index (χ0) is 13.2. The van der Waals surface area contributed by atoms with Gasteiger partial charge in [0.2, 0.25) is 0 Å². The molecule has 1 aromatic heterocycles. The molecule has 2 aromatic rings. The van der Waals surface area contributed by atoms with Crippen molar-refractivity contribution >= 4 is 29.1 Å². The average Bonchev–Trinajstić information content (AvgIpc) is 3.04. The lowest BCUT2D eigenvalue weighted by molar-refractivity contribution is 0.0701. The van der Waals surface area contributed by atoms with Crippen molar-refractivity contribution in [2.24, 2.45) is 0 Å². The van der Waals surface area contributed by atoms with E-state index in [9.17, 15) is 4.79 Å². The van der Waals surface area contributed by atoms with Crippen LogP contribution < -0.4 is 0 Å². The SMILES string of the molecule is O=C(O)c1sccc1CSc1ccc2c(c1)CCC2. The molecule has 3 rings (SSSR count). The van der Waals surface area contributed by atoms with Gasteiger partial charge in [0.25, 0.3) is 0 Å². The maximum atomic E-state index is 11.0. The number of rotatable bonds is 4. The number of hydrogen-bond donors (Lipinski definition) is 1. The Morgan fingerprint density at radius 2 is 2.11 bits per heavy atom. The minimum Gasteiger partial charge on any atom is -0.477 e. The maximum Gasteiger partial charge on any atom is 0.346 e. The highest BCUT2D eigenvalue weighted by Crippen LogP contribution is 2.31. The highest BCUT2D eigenvalue weighted by Gasteiger charge is 2.13. The summed E-state index contributed by atoms with van der Waals surface area (Å²) in [4.78, 5) is 12.8. The number of thioether (sulfide) groups is 1. The van der Waals surface area contributed by atoms with E-state index in [4.69, 9.17) is 5.11 Å². The second-order valence-corrected chi connectivity index (χ2v) is 6.62. The Bertz CT molecular complexity index is 616. The van der Waals surface area contributed by atoms with E-state index in [1.807, 2.05) is 11.4 Å². The molecule has 0 saturated heterocycles. The smallest absolute Gasteiger partial charge is 0.346 e. The topological polar surface area (TPSA) is 37.3 Å². The molecule has 0 atom stereocenters. The van der Waals surface area contributed by atoms with Gasteiger partial charge in [-0.05, 0) is 59.5 Å². The van der Waals surface area contributed by atoms with Gasteiger partial charge in [-0.25, -0.2) is 4.79 Å². The van der Waals surface area contributed by atoms with Gasteiger partial charge in [-0.1, -0.05) is 6.07 Å². The van der Waals surface area contributed by atoms with E-state index < -0.39 is 5.97 Å². The minimum atomic E-state index is -0.820. The van der Waals surface area contributed by atoms with Crippen LogP contribution in [0.15, 0.2) is 34.5 Å². The largest absolute Gasteiger partial charge is 0.477 e. The summed E-state index contributed by atoms with van der Waals surface area (Å²) in [7, 11) is 0. The second kappa shape index (κ2) is 5.39. The standard InChI is InChI=1S/C15H14O2S2/c16-15(17)14-12(6-7-18-14)9-19-13-5-4-10-2-1-3-11(10)8-13/h4-8H,1-3,9H2,(H,16,17). The van der Waals surface area contributed by atoms with Crippen molar-refractivity contribution in [3.05, 3.63) is 51.2 Å². The van der Waals surface area contributed by atoms with E-state index >= 15 is 0 Å². The van der Waals surface area contributed by atoms with Crippen molar-refractivity contribution in [1.82, 2.24) is 0 Å². The van der Waals surface area contributed by atoms with Crippen molar-refractivity contribution in [1.29, 1.82) is 0 Å². The number of benzene rings is 1. The van der Waals surface area contributed by atoms with Gasteiger partial charge in [0, 0.05) is 10.6 Å². The summed E-state index contributed by atoms with van der Waals surface area (Å²) in [5.41, 5.74) is 3.86. The number of carbonyl (C=O) groups is 1. The first-order valence-corrected chi connectivity index (χ1v) is 8.15. The summed E-state index contributed by atoms with van der Waals surface area (Å²) < 4.78 is 0. The van der Waals surface area contributed by atoms with Crippen LogP contribution in [0.5, 0.6) is 0 Å². The van der Waals surface area contributed by atoms with Crippen LogP contribution >= 0.6 is 23.1 Å². The Balaban J connectivity index is 1.72. The van der Waals surface area contributed by atoms with Crippen molar-refractivity contribution in [3.63, 3.8) is 0 Å². The molecule has 0 bridgehead atoms. The normalized spacial score (nSPS) is 13.5. The summed E-state index contributed by atoms with van der Waals surface area (Å²) in [5, 5.41) is 10.9. The van der Waals surface area contributed by atoms with Crippen LogP contribution in [0.4, 0.5) is 0 Å². The monoisotopic (exact) mass is 290 g/mol. The van der Waals surface area contributed by atoms with E-state index in [0.717, 1.165) is 11.3 Å². The molecule has 0 spiro atoms. The first-order chi connectivity index (χ1) is 9.24. The van der Waals surface area contributed by atoms with Gasteiger partial charge in [0.1, 0.15) is 4.88 Å². The third-order valence-corrected chi connectivity index (χ3v) is 5.39. The van der Waals surface area contributed by atoms with Crippen LogP contribution in [0.3, 0.4) is 0 Å². The number of fused-ring (bicyclic) bond motifs is 1. The molecule has 4 heteroatoms. The molecule has 1 aliphatic carbocycles. The Morgan fingerprint density at radius 3 is 2.95 bits per heavy atom. The molecule has 98 valence electrons. The molecule has 0 unspecified atom stereocenters. The Labute approximate surface area is 120 Å². The molecule has 1 heterocycles. The van der Waals surface area contributed by atoms with Gasteiger partial charge in [0.15, 0.2) is 0 Å². The maximum absolute atomic E-state index is 11.0. The van der Waals surface area contributed by atoms with Gasteiger partial charge < -0.3 is 5.11 Å². The van der Waals surface area contributed by atoms with Gasteiger partial charge in [-0.3, -0.25) is 0 Å². The number of aryl methyl sites for hydroxylation is 2. The first-order valence-electron chi connectivity index (χ1n) is 6.28. The third-order valence-electron chi connectivity index (χ3n) is 3.41. The molecular weight excluding hydrogens is 276 g/mol. The summed E-state index contributed by atoms with van der Waals surface area (Å²) in [6.07, 6.45) is 3.65. The molecule has 0 fully saturated rings. The van der Waals surface area contributed by atoms with Crippen molar-refractivity contribution < 1.29 is 9.90 Å². The van der Waals surface area contributed by atoms with Crippen LogP contribution in [0.1, 0.15) is 32.8 Å². The summed E-state index contributed by atoms with van der Waals surface area (Å²) in [5.74, 6) is -0.0937. The number of thiophene rings is 1. The molecule has 0 radical (unpaired) electrons. The molecule has 0 amide bonds. The number of aromatic carboxylic acids is 1. The van der Waals surface area contributed by atoms with E-state index in [1.165, 1.54) is 46.6 Å². The summed E-state index contributed by atoms with van der Waals surface area (Å²) in [6.45, 7) is 0. The molecule has 2 nitrogen and oxygen atoms in total. The summed E-state index contributed by atoms with van der Waals surface area (Å²) in [6, 6.07) is 8.55. The number of hydrogen-bond acceptors (Lipinski definition) is 3. The Kier molecular flexibility index (Phi) is 3.62. The zero-order valence-electron chi connectivity index (χ0n) is 10.4. The fraction of sp³-hybridized carbons (Fsp3) is 0.267. The lowest BCUT2D eigenvalue weighted by atomic mass is 10.1. The third kappa shape index (κ3) is 2.69. The lowest BCUT2D eigenvalue weighted by Gasteiger charge is -2.05. The molecule has 1 aromatic carbocycles. The Hall–Kier alpha value is -1.26. The fourth-order valence-electron chi connectivity index (χ4n) is 2.44. The van der Waals surface area contributed by atoms with Crippen molar-refractivity contribution in [2.75, 3.05) is 0 Å². The van der Waals surface area contributed by atoms with Crippen molar-refractivity contribution in [3.8, 4) is 0 Å². The van der Waals surface area contributed by atoms with Gasteiger partial charge in [0.05, 0.1) is 0 Å². The predicted molar refractivity (Wildman–Crippen MR) is 79.3 cm³/mol. The molecule has 0 aliphatic heterocycles. The summed E-state index contributed by atoms with van der Waals surface area (Å²) >= 11 is 3.02. The van der Waals surface area contributed by atoms with Crippen molar-refractivity contribution in [2.45, 2.75) is 29.9 Å². The number of carboxylic acid groups (broad SMARTS) is 1. The highest BCUT2D eigenvalue weighted by atomic mass is 32.2. The highest BCUT2D eigenvalue weighted by molar-refractivity contribution is 7.98. The van der Waals surface area contributed by atoms with Gasteiger partial charge in [-0.2, -0.15) is 0 Å². The van der Waals surface area contributed by atoms with E-state index in [0.29, 0.717) is 4.88 Å². The lowest BCUT2D eigenvalue weighted by Crippen LogP contribution is -1.96. The quantitative estimate of drug-likeness (QED) is 0.856. The fourth-order valence-corrected chi connectivity index (χ4v) is 4.24. The average molecular weight is 290 g/mol. The second-order valence-electron chi connectivity index (χ2n) is 4.65. The predicted octanol–water partition coefficient (Wildman–Crippen LogP) is 4.23. The van der Waals surface area contributed by atoms with Crippen LogP contribution in [0.25, 0.3) is 0 Å². The van der Waals surface area contributed by atoms with Gasteiger partial charge in [-0.15, -0.1) is 23.1 Å². The van der Waals surface area contributed by atoms with E-state index in [1.54, 1.807) is 11.8 Å². The van der Waals surface area contributed by atoms with Crippen LogP contribution in [0.2, 0.25) is 0 Å². The molecular formula is C15H14O2S2. The van der Waals surface area contributed by atoms with Gasteiger partial charge >= 0.3 is 5.97 Å². The Morgan fingerprint density at radius 1 is 1.26 bits per heavy atom. The van der Waals surface area contributed by atoms with Crippen LogP contribution in [-0.4, -0.2) is 11.1 Å². The van der Waals surface area contributed by atoms with Crippen LogP contribution in [-0.2, 0) is 18.6 Å². The molecule has 19 heavy (non-hydrogen) atoms. The molecule has 1 N–H and O–H groups in total.